The monoisotopic (exact) mass is 427 g/mol. The molecule has 0 heterocycles. The van der Waals surface area contributed by atoms with E-state index >= 15 is 0 Å². The maximum absolute atomic E-state index is 13.8. The summed E-state index contributed by atoms with van der Waals surface area (Å²) in [6.45, 7) is 13.9. The van der Waals surface area contributed by atoms with E-state index in [9.17, 15) is 4.79 Å². The molecule has 2 aliphatic rings. The molecule has 0 aromatic heterocycles. The zero-order valence-corrected chi connectivity index (χ0v) is 21.1. The zero-order valence-electron chi connectivity index (χ0n) is 19.1. The van der Waals surface area contributed by atoms with Crippen molar-refractivity contribution in [3.05, 3.63) is 0 Å². The van der Waals surface area contributed by atoms with Gasteiger partial charge in [0.05, 0.1) is 0 Å². The summed E-state index contributed by atoms with van der Waals surface area (Å²) in [7, 11) is -3.96. The summed E-state index contributed by atoms with van der Waals surface area (Å²) in [6, 6.07) is 0. The van der Waals surface area contributed by atoms with E-state index in [-0.39, 0.29) is 5.97 Å². The fourth-order valence-electron chi connectivity index (χ4n) is 5.58. The van der Waals surface area contributed by atoms with Gasteiger partial charge in [0, 0.05) is 13.2 Å². The molecule has 1 radical (unpaired) electrons. The lowest BCUT2D eigenvalue weighted by Gasteiger charge is -2.46. The highest BCUT2D eigenvalue weighted by Crippen LogP contribution is 2.56. The average molecular weight is 428 g/mol. The molecule has 1 unspecified atom stereocenters. The molecular formula is C22H43O4Si2. The highest BCUT2D eigenvalue weighted by Gasteiger charge is 2.58. The Morgan fingerprint density at radius 3 is 1.71 bits per heavy atom. The summed E-state index contributed by atoms with van der Waals surface area (Å²) >= 11 is 0. The van der Waals surface area contributed by atoms with Gasteiger partial charge in [0.25, 0.3) is 14.3 Å². The van der Waals surface area contributed by atoms with Crippen molar-refractivity contribution in [3.8, 4) is 0 Å². The number of hydrogen-bond donors (Lipinski definition) is 0. The number of carbonyl (C=O) groups is 1. The zero-order chi connectivity index (χ0) is 20.8. The van der Waals surface area contributed by atoms with Crippen LogP contribution in [0.25, 0.3) is 0 Å². The third-order valence-electron chi connectivity index (χ3n) is 7.32. The molecule has 0 saturated heterocycles. The molecule has 0 aliphatic heterocycles. The van der Waals surface area contributed by atoms with Crippen molar-refractivity contribution in [1.29, 1.82) is 0 Å². The molecule has 2 aliphatic carbocycles. The van der Waals surface area contributed by atoms with Gasteiger partial charge in [-0.25, -0.2) is 0 Å². The first-order chi connectivity index (χ1) is 13.4. The van der Waals surface area contributed by atoms with E-state index in [0.29, 0.717) is 36.3 Å². The molecule has 0 aromatic carbocycles. The molecule has 4 nitrogen and oxygen atoms in total. The van der Waals surface area contributed by atoms with Gasteiger partial charge in [0.15, 0.2) is 0 Å². The van der Waals surface area contributed by atoms with Crippen LogP contribution < -0.4 is 0 Å². The smallest absolute Gasteiger partial charge is 0.402 e. The molecule has 2 saturated carbocycles. The Kier molecular flexibility index (Phi) is 9.24. The van der Waals surface area contributed by atoms with E-state index in [2.05, 4.69) is 20.8 Å². The van der Waals surface area contributed by atoms with E-state index in [1.54, 1.807) is 0 Å². The van der Waals surface area contributed by atoms with Gasteiger partial charge >= 0.3 is 9.28 Å². The molecule has 0 amide bonds. The molecule has 163 valence electrons. The molecule has 6 heteroatoms. The Hall–Kier alpha value is -0.176. The SMILES string of the molecule is CCO[Si](OCC)C(C)(CC)C(=O)O[Si](C(C)C)(C1CCCC1)C1CCCC1. The minimum atomic E-state index is -2.23. The Balaban J connectivity index is 2.36. The first kappa shape index (κ1) is 24.1. The van der Waals surface area contributed by atoms with Gasteiger partial charge in [0.1, 0.15) is 5.04 Å². The predicted molar refractivity (Wildman–Crippen MR) is 119 cm³/mol. The molecule has 1 atom stereocenters. The first-order valence-corrected chi connectivity index (χ1v) is 15.2. The van der Waals surface area contributed by atoms with Crippen molar-refractivity contribution < 1.29 is 18.1 Å². The van der Waals surface area contributed by atoms with Crippen LogP contribution in [0.3, 0.4) is 0 Å². The summed E-state index contributed by atoms with van der Waals surface area (Å²) < 4.78 is 18.8. The minimum Gasteiger partial charge on any atom is -0.518 e. The maximum atomic E-state index is 13.8. The Labute approximate surface area is 176 Å². The number of rotatable bonds is 11. The molecule has 2 rings (SSSR count). The summed E-state index contributed by atoms with van der Waals surface area (Å²) in [4.78, 5) is 13.8. The van der Waals surface area contributed by atoms with Crippen LogP contribution in [-0.2, 0) is 18.1 Å². The lowest BCUT2D eigenvalue weighted by atomic mass is 10.1. The van der Waals surface area contributed by atoms with Crippen molar-refractivity contribution in [2.45, 2.75) is 121 Å². The van der Waals surface area contributed by atoms with Gasteiger partial charge in [-0.2, -0.15) is 0 Å². The number of carbonyl (C=O) groups excluding carboxylic acids is 1. The van der Waals surface area contributed by atoms with Gasteiger partial charge in [-0.15, -0.1) is 0 Å². The number of hydrogen-bond acceptors (Lipinski definition) is 4. The second kappa shape index (κ2) is 10.7. The first-order valence-electron chi connectivity index (χ1n) is 11.7. The third-order valence-corrected chi connectivity index (χ3v) is 15.9. The highest BCUT2D eigenvalue weighted by atomic mass is 28.4. The molecule has 2 fully saturated rings. The second-order valence-corrected chi connectivity index (χ2v) is 16.2. The Bertz CT molecular complexity index is 465. The summed E-state index contributed by atoms with van der Waals surface area (Å²) in [6.07, 6.45) is 10.9. The van der Waals surface area contributed by atoms with Gasteiger partial charge < -0.3 is 13.3 Å². The van der Waals surface area contributed by atoms with E-state index < -0.39 is 22.6 Å². The average Bonchev–Trinajstić information content (AvgIpc) is 3.39. The van der Waals surface area contributed by atoms with E-state index in [1.807, 2.05) is 20.8 Å². The van der Waals surface area contributed by atoms with Crippen molar-refractivity contribution in [2.75, 3.05) is 13.2 Å². The topological polar surface area (TPSA) is 44.8 Å². The van der Waals surface area contributed by atoms with Crippen molar-refractivity contribution in [1.82, 2.24) is 0 Å². The molecular weight excluding hydrogens is 384 g/mol. The Morgan fingerprint density at radius 2 is 1.39 bits per heavy atom. The van der Waals surface area contributed by atoms with Gasteiger partial charge in [-0.1, -0.05) is 46.5 Å². The van der Waals surface area contributed by atoms with Crippen LogP contribution in [0.15, 0.2) is 0 Å². The van der Waals surface area contributed by atoms with Crippen LogP contribution in [-0.4, -0.2) is 36.8 Å². The van der Waals surface area contributed by atoms with E-state index in [4.69, 9.17) is 13.3 Å². The van der Waals surface area contributed by atoms with Crippen LogP contribution in [0, 0.1) is 0 Å². The van der Waals surface area contributed by atoms with E-state index in [0.717, 1.165) is 0 Å². The largest absolute Gasteiger partial charge is 0.518 e. The van der Waals surface area contributed by atoms with Gasteiger partial charge in [-0.05, 0) is 69.5 Å². The van der Waals surface area contributed by atoms with Gasteiger partial charge in [-0.3, -0.25) is 4.79 Å². The van der Waals surface area contributed by atoms with Crippen molar-refractivity contribution in [2.24, 2.45) is 0 Å². The fourth-order valence-corrected chi connectivity index (χ4v) is 13.7. The summed E-state index contributed by atoms with van der Waals surface area (Å²) in [5, 5.41) is -0.652. The minimum absolute atomic E-state index is 0.0232. The van der Waals surface area contributed by atoms with Crippen molar-refractivity contribution in [3.63, 3.8) is 0 Å². The quantitative estimate of drug-likeness (QED) is 0.353. The van der Waals surface area contributed by atoms with Crippen LogP contribution in [0.2, 0.25) is 21.7 Å². The summed E-state index contributed by atoms with van der Waals surface area (Å²) in [5.41, 5.74) is 1.74. The molecule has 0 N–H and O–H groups in total. The van der Waals surface area contributed by atoms with Crippen molar-refractivity contribution >= 4 is 23.6 Å². The Morgan fingerprint density at radius 1 is 0.964 bits per heavy atom. The lowest BCUT2D eigenvalue weighted by molar-refractivity contribution is -0.140. The fraction of sp³-hybridized carbons (Fsp3) is 0.955. The predicted octanol–water partition coefficient (Wildman–Crippen LogP) is 6.51. The molecule has 28 heavy (non-hydrogen) atoms. The van der Waals surface area contributed by atoms with Crippen LogP contribution in [0.1, 0.15) is 99.3 Å². The molecule has 0 bridgehead atoms. The van der Waals surface area contributed by atoms with Gasteiger partial charge in [0.2, 0.25) is 0 Å². The second-order valence-electron chi connectivity index (χ2n) is 9.20. The molecule has 0 aromatic rings. The van der Waals surface area contributed by atoms with Crippen LogP contribution in [0.5, 0.6) is 0 Å². The summed E-state index contributed by atoms with van der Waals surface area (Å²) in [5.74, 6) is -0.0232. The lowest BCUT2D eigenvalue weighted by Crippen LogP contribution is -2.54. The standard InChI is InChI=1S/C22H43O4Si2/c1-7-22(6,27(24-8-2)25-9-3)21(23)26-28(18(4)5,19-14-10-11-15-19)20-16-12-13-17-20/h18-20H,7-17H2,1-6H3. The van der Waals surface area contributed by atoms with Crippen LogP contribution in [0.4, 0.5) is 0 Å². The maximum Gasteiger partial charge on any atom is 0.402 e. The molecule has 0 spiro atoms. The third kappa shape index (κ3) is 4.76. The highest BCUT2D eigenvalue weighted by molar-refractivity contribution is 6.79. The van der Waals surface area contributed by atoms with Crippen LogP contribution >= 0.6 is 0 Å². The van der Waals surface area contributed by atoms with E-state index in [1.165, 1.54) is 51.4 Å². The normalized spacial score (nSPS) is 21.6.